The van der Waals surface area contributed by atoms with Gasteiger partial charge in [-0.3, -0.25) is 9.59 Å². The van der Waals surface area contributed by atoms with E-state index in [1.54, 1.807) is 0 Å². The summed E-state index contributed by atoms with van der Waals surface area (Å²) in [4.78, 5) is 26.0. The zero-order valence-corrected chi connectivity index (χ0v) is 23.0. The number of ether oxygens (including phenoxy) is 3. The number of hydrogen-bond donors (Lipinski definition) is 2. The molecule has 2 fully saturated rings. The molecule has 1 heterocycles. The molecular weight excluding hydrogens is 494 g/mol. The molecule has 2 aromatic carbocycles. The molecule has 39 heavy (non-hydrogen) atoms. The Morgan fingerprint density at radius 1 is 1.18 bits per heavy atom. The third kappa shape index (κ3) is 4.74. The van der Waals surface area contributed by atoms with Crippen molar-refractivity contribution in [3.63, 3.8) is 0 Å². The Hall–Kier alpha value is -3.22. The monoisotopic (exact) mass is 533 g/mol. The number of carbonyl (C=O) groups excluding carboxylic acids is 2. The van der Waals surface area contributed by atoms with Gasteiger partial charge in [0.15, 0.2) is 23.0 Å². The van der Waals surface area contributed by atoms with Crippen molar-refractivity contribution in [3.8, 4) is 23.0 Å². The van der Waals surface area contributed by atoms with Crippen LogP contribution < -0.4 is 19.5 Å². The number of nitrogens with one attached hydrogen (secondary N) is 1. The van der Waals surface area contributed by atoms with Crippen molar-refractivity contribution >= 4 is 11.7 Å². The highest BCUT2D eigenvalue weighted by Gasteiger charge is 2.58. The molecule has 7 nitrogen and oxygen atoms in total. The smallest absolute Gasteiger partial charge is 0.231 e. The first-order valence-electron chi connectivity index (χ1n) is 14.5. The number of Topliss-reactive ketones (excluding diaryl/α,β-unsaturated/α-hetero) is 1. The number of rotatable bonds is 8. The van der Waals surface area contributed by atoms with Crippen molar-refractivity contribution in [3.05, 3.63) is 47.0 Å². The molecule has 2 saturated carbocycles. The molecule has 0 aromatic heterocycles. The first-order valence-corrected chi connectivity index (χ1v) is 14.5. The third-order valence-corrected chi connectivity index (χ3v) is 9.85. The van der Waals surface area contributed by atoms with Crippen molar-refractivity contribution in [2.45, 2.75) is 77.7 Å². The fourth-order valence-corrected chi connectivity index (χ4v) is 8.05. The van der Waals surface area contributed by atoms with Gasteiger partial charge in [-0.15, -0.1) is 0 Å². The molecule has 0 saturated heterocycles. The number of phenols is 1. The van der Waals surface area contributed by atoms with Crippen LogP contribution in [0.4, 0.5) is 0 Å². The number of phenolic OH excluding ortho intramolecular Hbond substituents is 1. The van der Waals surface area contributed by atoms with Gasteiger partial charge in [0.05, 0.1) is 6.61 Å². The second kappa shape index (κ2) is 10.4. The Morgan fingerprint density at radius 2 is 2.03 bits per heavy atom. The summed E-state index contributed by atoms with van der Waals surface area (Å²) in [6.07, 6.45) is 6.67. The van der Waals surface area contributed by atoms with Crippen molar-refractivity contribution in [1.29, 1.82) is 0 Å². The number of aryl methyl sites for hydroxylation is 1. The van der Waals surface area contributed by atoms with E-state index < -0.39 is 0 Å². The van der Waals surface area contributed by atoms with Gasteiger partial charge < -0.3 is 24.6 Å². The minimum Gasteiger partial charge on any atom is -0.504 e. The van der Waals surface area contributed by atoms with Crippen LogP contribution in [0, 0.1) is 23.2 Å². The third-order valence-electron chi connectivity index (χ3n) is 9.85. The summed E-state index contributed by atoms with van der Waals surface area (Å²) in [6.45, 7) is 5.34. The highest BCUT2D eigenvalue weighted by Crippen LogP contribution is 2.62. The number of fused-ring (bicyclic) bond motifs is 6. The average molecular weight is 534 g/mol. The van der Waals surface area contributed by atoms with Crippen molar-refractivity contribution in [1.82, 2.24) is 5.32 Å². The zero-order chi connectivity index (χ0) is 27.1. The van der Waals surface area contributed by atoms with E-state index in [1.807, 2.05) is 31.2 Å². The largest absolute Gasteiger partial charge is 0.504 e. The maximum Gasteiger partial charge on any atom is 0.231 e. The van der Waals surface area contributed by atoms with Crippen molar-refractivity contribution in [2.75, 3.05) is 13.4 Å². The summed E-state index contributed by atoms with van der Waals surface area (Å²) < 4.78 is 16.5. The molecule has 1 amide bonds. The molecule has 3 aliphatic carbocycles. The van der Waals surface area contributed by atoms with E-state index in [4.69, 9.17) is 14.2 Å². The number of aromatic hydroxyl groups is 1. The second-order valence-electron chi connectivity index (χ2n) is 12.0. The number of benzene rings is 2. The number of ketones is 1. The summed E-state index contributed by atoms with van der Waals surface area (Å²) in [7, 11) is 0. The normalized spacial score (nSPS) is 28.4. The van der Waals surface area contributed by atoms with Crippen LogP contribution in [-0.4, -0.2) is 30.2 Å². The van der Waals surface area contributed by atoms with E-state index >= 15 is 0 Å². The molecule has 4 aliphatic rings. The SMILES string of the molecule is CCOc1cc2c(cc1O)CCC1[C@@H]2CC[C@]2(C)C(=O)C[C@H](CCCC(=O)NCc3ccc4c(c3)OCO4)[C@@H]12. The van der Waals surface area contributed by atoms with Crippen molar-refractivity contribution < 1.29 is 28.9 Å². The first-order chi connectivity index (χ1) is 18.9. The maximum absolute atomic E-state index is 13.3. The van der Waals surface area contributed by atoms with Crippen molar-refractivity contribution in [2.24, 2.45) is 23.2 Å². The fraction of sp³-hybridized carbons (Fsp3) is 0.562. The molecule has 0 bridgehead atoms. The predicted octanol–water partition coefficient (Wildman–Crippen LogP) is 5.66. The topological polar surface area (TPSA) is 94.1 Å². The highest BCUT2D eigenvalue weighted by atomic mass is 16.7. The Balaban J connectivity index is 1.09. The Kier molecular flexibility index (Phi) is 6.94. The van der Waals surface area contributed by atoms with Gasteiger partial charge in [-0.25, -0.2) is 0 Å². The van der Waals surface area contributed by atoms with Gasteiger partial charge in [0.2, 0.25) is 12.7 Å². The van der Waals surface area contributed by atoms with Crippen LogP contribution in [-0.2, 0) is 22.6 Å². The molecule has 1 aliphatic heterocycles. The molecule has 2 N–H and O–H groups in total. The zero-order valence-electron chi connectivity index (χ0n) is 23.0. The second-order valence-corrected chi connectivity index (χ2v) is 12.0. The molecule has 2 aromatic rings. The van der Waals surface area contributed by atoms with Crippen LogP contribution in [0.15, 0.2) is 30.3 Å². The summed E-state index contributed by atoms with van der Waals surface area (Å²) in [5, 5.41) is 13.5. The van der Waals surface area contributed by atoms with Crippen LogP contribution in [0.25, 0.3) is 0 Å². The summed E-state index contributed by atoms with van der Waals surface area (Å²) in [5.41, 5.74) is 3.25. The van der Waals surface area contributed by atoms with Crippen LogP contribution in [0.3, 0.4) is 0 Å². The van der Waals surface area contributed by atoms with Crippen LogP contribution in [0.5, 0.6) is 23.0 Å². The summed E-state index contributed by atoms with van der Waals surface area (Å²) >= 11 is 0. The first kappa shape index (κ1) is 26.0. The standard InChI is InChI=1S/C32H39NO6/c1-3-37-27-16-24-20(14-25(27)34)8-9-23-22(24)11-12-32(2)29(35)15-21(31(23)32)5-4-6-30(36)33-17-19-7-10-26-28(13-19)39-18-38-26/h7,10,13-14,16,21-23,31,34H,3-6,8-9,11-12,15,17-18H2,1-2H3,(H,33,36)/t21-,22-,23?,31-,32+/m0/s1. The Morgan fingerprint density at radius 3 is 2.87 bits per heavy atom. The molecule has 6 rings (SSSR count). The lowest BCUT2D eigenvalue weighted by Crippen LogP contribution is -2.44. The molecule has 0 spiro atoms. The highest BCUT2D eigenvalue weighted by molar-refractivity contribution is 5.87. The minimum atomic E-state index is -0.259. The summed E-state index contributed by atoms with van der Waals surface area (Å²) in [5.74, 6) is 4.21. The number of hydrogen-bond acceptors (Lipinski definition) is 6. The Bertz CT molecular complexity index is 1270. The lowest BCUT2D eigenvalue weighted by molar-refractivity contribution is -0.129. The predicted molar refractivity (Wildman–Crippen MR) is 146 cm³/mol. The molecule has 7 heteroatoms. The van der Waals surface area contributed by atoms with E-state index in [2.05, 4.69) is 18.3 Å². The van der Waals surface area contributed by atoms with Gasteiger partial charge in [0, 0.05) is 24.8 Å². The lowest BCUT2D eigenvalue weighted by Gasteiger charge is -2.50. The molecule has 208 valence electrons. The number of amides is 1. The minimum absolute atomic E-state index is 0.0381. The Labute approximate surface area is 230 Å². The van der Waals surface area contributed by atoms with E-state index in [9.17, 15) is 14.7 Å². The van der Waals surface area contributed by atoms with E-state index in [-0.39, 0.29) is 23.9 Å². The van der Waals surface area contributed by atoms with E-state index in [0.29, 0.717) is 61.2 Å². The molecule has 1 unspecified atom stereocenters. The van der Waals surface area contributed by atoms with Gasteiger partial charge in [-0.05, 0) is 110 Å². The molecule has 5 atom stereocenters. The quantitative estimate of drug-likeness (QED) is 0.455. The lowest BCUT2D eigenvalue weighted by atomic mass is 9.54. The summed E-state index contributed by atoms with van der Waals surface area (Å²) in [6, 6.07) is 9.68. The van der Waals surface area contributed by atoms with Gasteiger partial charge in [0.1, 0.15) is 5.78 Å². The fourth-order valence-electron chi connectivity index (χ4n) is 8.05. The van der Waals surface area contributed by atoms with Gasteiger partial charge >= 0.3 is 0 Å². The van der Waals surface area contributed by atoms with E-state index in [0.717, 1.165) is 55.6 Å². The molecular formula is C32H39NO6. The van der Waals surface area contributed by atoms with Crippen LogP contribution in [0.2, 0.25) is 0 Å². The average Bonchev–Trinajstić information content (AvgIpc) is 3.49. The van der Waals surface area contributed by atoms with E-state index in [1.165, 1.54) is 11.1 Å². The maximum atomic E-state index is 13.3. The van der Waals surface area contributed by atoms with Gasteiger partial charge in [-0.2, -0.15) is 0 Å². The number of carbonyl (C=O) groups is 2. The molecule has 0 radical (unpaired) electrons. The van der Waals surface area contributed by atoms with Gasteiger partial charge in [-0.1, -0.05) is 13.0 Å². The van der Waals surface area contributed by atoms with Crippen LogP contribution >= 0.6 is 0 Å². The van der Waals surface area contributed by atoms with Gasteiger partial charge in [0.25, 0.3) is 0 Å². The van der Waals surface area contributed by atoms with Crippen LogP contribution in [0.1, 0.15) is 81.4 Å².